The van der Waals surface area contributed by atoms with Crippen LogP contribution in [0.1, 0.15) is 46.4 Å². The fraction of sp³-hybridized carbons (Fsp3) is 0.304. The third-order valence-electron chi connectivity index (χ3n) is 6.01. The maximum Gasteiger partial charge on any atom is 0.255 e. The van der Waals surface area contributed by atoms with Crippen molar-refractivity contribution < 1.29 is 14.3 Å². The lowest BCUT2D eigenvalue weighted by Crippen LogP contribution is -2.43. The van der Waals surface area contributed by atoms with E-state index in [0.717, 1.165) is 18.5 Å². The van der Waals surface area contributed by atoms with Crippen molar-refractivity contribution in [1.82, 2.24) is 19.7 Å². The summed E-state index contributed by atoms with van der Waals surface area (Å²) in [4.78, 5) is 27.9. The lowest BCUT2D eigenvalue weighted by atomic mass is 9.84. The van der Waals surface area contributed by atoms with Gasteiger partial charge < -0.3 is 9.64 Å². The highest BCUT2D eigenvalue weighted by Gasteiger charge is 2.42. The zero-order valence-corrected chi connectivity index (χ0v) is 16.5. The highest BCUT2D eigenvalue weighted by molar-refractivity contribution is 6.00. The lowest BCUT2D eigenvalue weighted by Gasteiger charge is -2.37. The van der Waals surface area contributed by atoms with E-state index in [-0.39, 0.29) is 11.7 Å². The average Bonchev–Trinajstić information content (AvgIpc) is 3.23. The van der Waals surface area contributed by atoms with Gasteiger partial charge in [0.05, 0.1) is 23.2 Å². The van der Waals surface area contributed by atoms with Gasteiger partial charge in [0.2, 0.25) is 0 Å². The Morgan fingerprint density at radius 2 is 1.73 bits per heavy atom. The van der Waals surface area contributed by atoms with Gasteiger partial charge in [-0.3, -0.25) is 14.2 Å². The van der Waals surface area contributed by atoms with Gasteiger partial charge in [-0.25, -0.2) is 0 Å². The summed E-state index contributed by atoms with van der Waals surface area (Å²) in [5, 5.41) is 7.70. The monoisotopic (exact) mass is 402 g/mol. The molecule has 0 N–H and O–H groups in total. The molecule has 1 unspecified atom stereocenters. The Morgan fingerprint density at radius 1 is 0.967 bits per heavy atom. The molecule has 0 bridgehead atoms. The van der Waals surface area contributed by atoms with Gasteiger partial charge in [0, 0.05) is 19.5 Å². The predicted molar refractivity (Wildman–Crippen MR) is 110 cm³/mol. The first-order chi connectivity index (χ1) is 14.7. The van der Waals surface area contributed by atoms with Gasteiger partial charge in [0.1, 0.15) is 24.0 Å². The van der Waals surface area contributed by atoms with E-state index in [9.17, 15) is 9.59 Å². The number of hydrogen-bond donors (Lipinski definition) is 0. The van der Waals surface area contributed by atoms with Crippen molar-refractivity contribution in [3.05, 3.63) is 72.3 Å². The maximum atomic E-state index is 13.4. The second-order valence-electron chi connectivity index (χ2n) is 7.91. The number of para-hydroxylation sites is 2. The normalized spacial score (nSPS) is 21.1. The number of amides is 1. The van der Waals surface area contributed by atoms with E-state index in [1.54, 1.807) is 17.2 Å². The molecule has 2 aromatic carbocycles. The molecule has 1 amide bonds. The molecule has 1 atom stereocenters. The molecule has 7 heteroatoms. The number of ether oxygens (including phenoxy) is 1. The predicted octanol–water partition coefficient (Wildman–Crippen LogP) is 3.30. The van der Waals surface area contributed by atoms with E-state index in [1.807, 2.05) is 53.4 Å². The van der Waals surface area contributed by atoms with Crippen molar-refractivity contribution >= 4 is 11.7 Å². The molecule has 0 aliphatic carbocycles. The standard InChI is InChI=1S/C23H22N4O3/c28-20-14-23(30-21-9-4-2-7-18(20)21)10-5-12-26(13-11-23)22(29)17-6-1-3-8-19(17)27-15-24-25-16-27/h1-4,6-9,15-16H,5,10-14H2. The fourth-order valence-electron chi connectivity index (χ4n) is 4.47. The van der Waals surface area contributed by atoms with E-state index >= 15 is 0 Å². The molecule has 0 saturated carbocycles. The van der Waals surface area contributed by atoms with Gasteiger partial charge in [-0.15, -0.1) is 10.2 Å². The summed E-state index contributed by atoms with van der Waals surface area (Å²) in [6.45, 7) is 1.18. The van der Waals surface area contributed by atoms with Crippen LogP contribution in [0.4, 0.5) is 0 Å². The van der Waals surface area contributed by atoms with Gasteiger partial charge in [-0.1, -0.05) is 24.3 Å². The quantitative estimate of drug-likeness (QED) is 0.657. The van der Waals surface area contributed by atoms with Crippen molar-refractivity contribution in [3.8, 4) is 11.4 Å². The Balaban J connectivity index is 1.37. The molecule has 5 rings (SSSR count). The Morgan fingerprint density at radius 3 is 2.60 bits per heavy atom. The highest BCUT2D eigenvalue weighted by Crippen LogP contribution is 2.39. The second kappa shape index (κ2) is 7.40. The van der Waals surface area contributed by atoms with Crippen LogP contribution in [0.3, 0.4) is 0 Å². The summed E-state index contributed by atoms with van der Waals surface area (Å²) in [6, 6.07) is 14.9. The molecule has 1 saturated heterocycles. The molecule has 1 fully saturated rings. The highest BCUT2D eigenvalue weighted by atomic mass is 16.5. The molecular formula is C23H22N4O3. The van der Waals surface area contributed by atoms with Crippen LogP contribution in [0.2, 0.25) is 0 Å². The topological polar surface area (TPSA) is 77.3 Å². The van der Waals surface area contributed by atoms with Crippen LogP contribution in [0.25, 0.3) is 5.69 Å². The van der Waals surface area contributed by atoms with E-state index in [4.69, 9.17) is 4.74 Å². The van der Waals surface area contributed by atoms with Crippen LogP contribution in [0, 0.1) is 0 Å². The molecule has 30 heavy (non-hydrogen) atoms. The first-order valence-electron chi connectivity index (χ1n) is 10.2. The molecule has 2 aliphatic rings. The third-order valence-corrected chi connectivity index (χ3v) is 6.01. The van der Waals surface area contributed by atoms with Crippen molar-refractivity contribution in [2.24, 2.45) is 0 Å². The van der Waals surface area contributed by atoms with Crippen molar-refractivity contribution in [2.45, 2.75) is 31.3 Å². The number of benzene rings is 2. The van der Waals surface area contributed by atoms with Crippen LogP contribution >= 0.6 is 0 Å². The number of carbonyl (C=O) groups excluding carboxylic acids is 2. The van der Waals surface area contributed by atoms with E-state index in [0.29, 0.717) is 42.8 Å². The van der Waals surface area contributed by atoms with E-state index in [2.05, 4.69) is 10.2 Å². The first-order valence-corrected chi connectivity index (χ1v) is 10.2. The zero-order chi connectivity index (χ0) is 20.6. The number of rotatable bonds is 2. The Hall–Kier alpha value is -3.48. The second-order valence-corrected chi connectivity index (χ2v) is 7.91. The minimum atomic E-state index is -0.533. The molecule has 3 aromatic rings. The SMILES string of the molecule is O=C1CC2(CCCN(C(=O)c3ccccc3-n3cnnc3)CC2)Oc2ccccc21. The summed E-state index contributed by atoms with van der Waals surface area (Å²) in [5.74, 6) is 0.750. The molecular weight excluding hydrogens is 380 g/mol. The van der Waals surface area contributed by atoms with Gasteiger partial charge in [-0.2, -0.15) is 0 Å². The van der Waals surface area contributed by atoms with Crippen LogP contribution in [-0.4, -0.2) is 50.0 Å². The molecule has 3 heterocycles. The fourth-order valence-corrected chi connectivity index (χ4v) is 4.47. The smallest absolute Gasteiger partial charge is 0.255 e. The third kappa shape index (κ3) is 3.26. The number of Topliss-reactive ketones (excluding diaryl/α,β-unsaturated/α-hetero) is 1. The summed E-state index contributed by atoms with van der Waals surface area (Å²) in [6.07, 6.45) is 5.71. The number of likely N-dealkylation sites (tertiary alicyclic amines) is 1. The Labute approximate surface area is 174 Å². The number of fused-ring (bicyclic) bond motifs is 1. The molecule has 152 valence electrons. The average molecular weight is 402 g/mol. The van der Waals surface area contributed by atoms with Gasteiger partial charge in [-0.05, 0) is 37.1 Å². The first kappa shape index (κ1) is 18.5. The Bertz CT molecular complexity index is 1100. The van der Waals surface area contributed by atoms with Gasteiger partial charge in [0.15, 0.2) is 5.78 Å². The molecule has 7 nitrogen and oxygen atoms in total. The molecule has 2 aliphatic heterocycles. The minimum absolute atomic E-state index is 0.0288. The summed E-state index contributed by atoms with van der Waals surface area (Å²) >= 11 is 0. The number of aromatic nitrogens is 3. The van der Waals surface area contributed by atoms with E-state index in [1.165, 1.54) is 0 Å². The summed E-state index contributed by atoms with van der Waals surface area (Å²) < 4.78 is 8.09. The number of carbonyl (C=O) groups is 2. The van der Waals surface area contributed by atoms with Crippen molar-refractivity contribution in [1.29, 1.82) is 0 Å². The Kier molecular flexibility index (Phi) is 4.58. The lowest BCUT2D eigenvalue weighted by molar-refractivity contribution is 0.0300. The largest absolute Gasteiger partial charge is 0.486 e. The van der Waals surface area contributed by atoms with Gasteiger partial charge in [0.25, 0.3) is 5.91 Å². The van der Waals surface area contributed by atoms with Crippen LogP contribution < -0.4 is 4.74 Å². The maximum absolute atomic E-state index is 13.4. The number of nitrogens with zero attached hydrogens (tertiary/aromatic N) is 4. The van der Waals surface area contributed by atoms with Crippen LogP contribution in [0.5, 0.6) is 5.75 Å². The van der Waals surface area contributed by atoms with Crippen molar-refractivity contribution in [3.63, 3.8) is 0 Å². The zero-order valence-electron chi connectivity index (χ0n) is 16.5. The van der Waals surface area contributed by atoms with Gasteiger partial charge >= 0.3 is 0 Å². The number of ketones is 1. The molecule has 1 spiro atoms. The van der Waals surface area contributed by atoms with E-state index < -0.39 is 5.60 Å². The summed E-state index contributed by atoms with van der Waals surface area (Å²) in [5.41, 5.74) is 1.49. The minimum Gasteiger partial charge on any atom is -0.486 e. The molecule has 0 radical (unpaired) electrons. The van der Waals surface area contributed by atoms with Crippen LogP contribution in [0.15, 0.2) is 61.2 Å². The number of hydrogen-bond acceptors (Lipinski definition) is 5. The van der Waals surface area contributed by atoms with Crippen molar-refractivity contribution in [2.75, 3.05) is 13.1 Å². The molecule has 1 aromatic heterocycles. The summed E-state index contributed by atoms with van der Waals surface area (Å²) in [7, 11) is 0. The van der Waals surface area contributed by atoms with Crippen LogP contribution in [-0.2, 0) is 0 Å².